The number of nitrogens with one attached hydrogen (secondary N) is 1. The monoisotopic (exact) mass is 318 g/mol. The summed E-state index contributed by atoms with van der Waals surface area (Å²) in [5, 5.41) is 3.26. The zero-order valence-corrected chi connectivity index (χ0v) is 11.8. The zero-order valence-electron chi connectivity index (χ0n) is 9.39. The van der Waals surface area contributed by atoms with Gasteiger partial charge >= 0.3 is 0 Å². The molecule has 0 bridgehead atoms. The van der Waals surface area contributed by atoms with Gasteiger partial charge in [0.15, 0.2) is 9.84 Å². The fraction of sp³-hybridized carbons (Fsp3) is 0.545. The first-order chi connectivity index (χ1) is 8.05. The molecule has 0 aliphatic carbocycles. The average molecular weight is 319 g/mol. The fourth-order valence-electron chi connectivity index (χ4n) is 1.99. The minimum absolute atomic E-state index is 0.257. The Balaban J connectivity index is 1.77. The lowest BCUT2D eigenvalue weighted by atomic mass is 10.1. The van der Waals surface area contributed by atoms with Crippen LogP contribution in [0.5, 0.6) is 0 Å². The molecule has 0 spiro atoms. The van der Waals surface area contributed by atoms with Crippen molar-refractivity contribution < 1.29 is 8.42 Å². The van der Waals surface area contributed by atoms with Gasteiger partial charge in [0.2, 0.25) is 0 Å². The maximum absolute atomic E-state index is 11.3. The number of hydrogen-bond donors (Lipinski definition) is 1. The van der Waals surface area contributed by atoms with Crippen LogP contribution < -0.4 is 5.32 Å². The van der Waals surface area contributed by atoms with Crippen LogP contribution in [0, 0.1) is 5.92 Å². The van der Waals surface area contributed by atoms with Gasteiger partial charge in [-0.25, -0.2) is 13.4 Å². The van der Waals surface area contributed by atoms with Crippen molar-refractivity contribution in [2.45, 2.75) is 13.0 Å². The van der Waals surface area contributed by atoms with Crippen molar-refractivity contribution in [2.75, 3.05) is 18.1 Å². The van der Waals surface area contributed by atoms with E-state index in [4.69, 9.17) is 0 Å². The Kier molecular flexibility index (Phi) is 4.17. The Morgan fingerprint density at radius 2 is 2.29 bits per heavy atom. The smallest absolute Gasteiger partial charge is 0.150 e. The Hall–Kier alpha value is -0.460. The van der Waals surface area contributed by atoms with Crippen molar-refractivity contribution in [2.24, 2.45) is 5.92 Å². The SMILES string of the molecule is O=S1(=O)CCC(CNCc2cccc(Br)n2)C1. The molecular formula is C11H15BrN2O2S. The highest BCUT2D eigenvalue weighted by atomic mass is 79.9. The van der Waals surface area contributed by atoms with Crippen molar-refractivity contribution in [3.63, 3.8) is 0 Å². The molecule has 94 valence electrons. The van der Waals surface area contributed by atoms with Gasteiger partial charge in [-0.05, 0) is 46.9 Å². The molecule has 1 aliphatic heterocycles. The summed E-state index contributed by atoms with van der Waals surface area (Å²) >= 11 is 3.32. The molecule has 1 aromatic heterocycles. The van der Waals surface area contributed by atoms with E-state index in [0.29, 0.717) is 18.1 Å². The van der Waals surface area contributed by atoms with E-state index in [-0.39, 0.29) is 5.92 Å². The van der Waals surface area contributed by atoms with Gasteiger partial charge in [0.05, 0.1) is 17.2 Å². The largest absolute Gasteiger partial charge is 0.311 e. The molecule has 0 amide bonds. The zero-order chi connectivity index (χ0) is 12.3. The molecular weight excluding hydrogens is 304 g/mol. The summed E-state index contributed by atoms with van der Waals surface area (Å²) in [6.07, 6.45) is 0.779. The highest BCUT2D eigenvalue weighted by molar-refractivity contribution is 9.10. The first kappa shape index (κ1) is 13.0. The molecule has 4 nitrogen and oxygen atoms in total. The lowest BCUT2D eigenvalue weighted by Gasteiger charge is -2.09. The Bertz CT molecular complexity index is 490. The standard InChI is InChI=1S/C11H15BrN2O2S/c12-11-3-1-2-10(14-11)7-13-6-9-4-5-17(15,16)8-9/h1-3,9,13H,4-8H2. The van der Waals surface area contributed by atoms with Crippen LogP contribution in [0.3, 0.4) is 0 Å². The highest BCUT2D eigenvalue weighted by Crippen LogP contribution is 2.17. The van der Waals surface area contributed by atoms with Crippen molar-refractivity contribution in [3.8, 4) is 0 Å². The second-order valence-electron chi connectivity index (χ2n) is 4.35. The van der Waals surface area contributed by atoms with Crippen LogP contribution in [0.25, 0.3) is 0 Å². The first-order valence-corrected chi connectivity index (χ1v) is 8.19. The van der Waals surface area contributed by atoms with E-state index < -0.39 is 9.84 Å². The molecule has 1 unspecified atom stereocenters. The van der Waals surface area contributed by atoms with Gasteiger partial charge in [-0.15, -0.1) is 0 Å². The van der Waals surface area contributed by atoms with E-state index in [9.17, 15) is 8.42 Å². The van der Waals surface area contributed by atoms with Crippen LogP contribution in [0.15, 0.2) is 22.8 Å². The lowest BCUT2D eigenvalue weighted by molar-refractivity contribution is 0.517. The van der Waals surface area contributed by atoms with E-state index in [1.54, 1.807) is 0 Å². The molecule has 17 heavy (non-hydrogen) atoms. The second-order valence-corrected chi connectivity index (χ2v) is 7.39. The number of hydrogen-bond acceptors (Lipinski definition) is 4. The van der Waals surface area contributed by atoms with Gasteiger partial charge in [0, 0.05) is 6.54 Å². The summed E-state index contributed by atoms with van der Waals surface area (Å²) in [7, 11) is -2.76. The molecule has 6 heteroatoms. The third-order valence-corrected chi connectivity index (χ3v) is 5.12. The Morgan fingerprint density at radius 3 is 2.94 bits per heavy atom. The number of aromatic nitrogens is 1. The molecule has 1 aliphatic rings. The topological polar surface area (TPSA) is 59.1 Å². The molecule has 2 rings (SSSR count). The summed E-state index contributed by atoms with van der Waals surface area (Å²) in [6.45, 7) is 1.42. The van der Waals surface area contributed by atoms with Crippen LogP contribution >= 0.6 is 15.9 Å². The van der Waals surface area contributed by atoms with Crippen LogP contribution in [0.4, 0.5) is 0 Å². The van der Waals surface area contributed by atoms with Crippen molar-refractivity contribution in [1.29, 1.82) is 0 Å². The molecule has 2 heterocycles. The van der Waals surface area contributed by atoms with E-state index in [1.165, 1.54) is 0 Å². The number of halogens is 1. The minimum Gasteiger partial charge on any atom is -0.311 e. The van der Waals surface area contributed by atoms with Gasteiger partial charge in [-0.2, -0.15) is 0 Å². The first-order valence-electron chi connectivity index (χ1n) is 5.58. The Morgan fingerprint density at radius 1 is 1.47 bits per heavy atom. The van der Waals surface area contributed by atoms with Crippen LogP contribution in [0.1, 0.15) is 12.1 Å². The minimum atomic E-state index is -2.76. The van der Waals surface area contributed by atoms with Gasteiger partial charge in [0.1, 0.15) is 4.60 Å². The molecule has 1 N–H and O–H groups in total. The van der Waals surface area contributed by atoms with Crippen molar-refractivity contribution in [1.82, 2.24) is 10.3 Å². The van der Waals surface area contributed by atoms with E-state index >= 15 is 0 Å². The molecule has 1 atom stereocenters. The van der Waals surface area contributed by atoms with Gasteiger partial charge in [-0.3, -0.25) is 0 Å². The second kappa shape index (κ2) is 5.46. The number of pyridine rings is 1. The molecule has 0 saturated carbocycles. The number of nitrogens with zero attached hydrogens (tertiary/aromatic N) is 1. The van der Waals surface area contributed by atoms with Crippen molar-refractivity contribution >= 4 is 25.8 Å². The maximum Gasteiger partial charge on any atom is 0.150 e. The molecule has 0 aromatic carbocycles. The van der Waals surface area contributed by atoms with Crippen LogP contribution in [0.2, 0.25) is 0 Å². The predicted molar refractivity (Wildman–Crippen MR) is 70.4 cm³/mol. The Labute approximate surface area is 110 Å². The van der Waals surface area contributed by atoms with Gasteiger partial charge in [0.25, 0.3) is 0 Å². The maximum atomic E-state index is 11.3. The van der Waals surface area contributed by atoms with Crippen molar-refractivity contribution in [3.05, 3.63) is 28.5 Å². The highest BCUT2D eigenvalue weighted by Gasteiger charge is 2.27. The fourth-order valence-corrected chi connectivity index (χ4v) is 4.23. The molecule has 0 radical (unpaired) electrons. The molecule has 1 fully saturated rings. The predicted octanol–water partition coefficient (Wildman–Crippen LogP) is 1.37. The van der Waals surface area contributed by atoms with Crippen LogP contribution in [-0.2, 0) is 16.4 Å². The molecule has 1 aromatic rings. The summed E-state index contributed by atoms with van der Waals surface area (Å²) < 4.78 is 23.4. The third kappa shape index (κ3) is 4.04. The summed E-state index contributed by atoms with van der Waals surface area (Å²) in [5.41, 5.74) is 0.959. The van der Waals surface area contributed by atoms with E-state index in [1.807, 2.05) is 18.2 Å². The van der Waals surface area contributed by atoms with Crippen LogP contribution in [-0.4, -0.2) is 31.5 Å². The number of sulfone groups is 1. The number of rotatable bonds is 4. The van der Waals surface area contributed by atoms with Gasteiger partial charge in [-0.1, -0.05) is 6.07 Å². The van der Waals surface area contributed by atoms with E-state index in [0.717, 1.165) is 23.3 Å². The normalized spacial score (nSPS) is 22.8. The summed E-state index contributed by atoms with van der Waals surface area (Å²) in [5.74, 6) is 0.924. The summed E-state index contributed by atoms with van der Waals surface area (Å²) in [6, 6.07) is 5.77. The van der Waals surface area contributed by atoms with Gasteiger partial charge < -0.3 is 5.32 Å². The average Bonchev–Trinajstić information content (AvgIpc) is 2.58. The quantitative estimate of drug-likeness (QED) is 0.852. The lowest BCUT2D eigenvalue weighted by Crippen LogP contribution is -2.23. The summed E-state index contributed by atoms with van der Waals surface area (Å²) in [4.78, 5) is 4.30. The molecule has 1 saturated heterocycles. The van der Waals surface area contributed by atoms with E-state index in [2.05, 4.69) is 26.2 Å². The third-order valence-electron chi connectivity index (χ3n) is 2.84.